The molecule has 0 radical (unpaired) electrons. The maximum Gasteiger partial charge on any atom is 0.308 e. The van der Waals surface area contributed by atoms with E-state index in [4.69, 9.17) is 16.7 Å². The Hall–Kier alpha value is -2.01. The monoisotopic (exact) mass is 266 g/mol. The summed E-state index contributed by atoms with van der Waals surface area (Å²) in [5, 5.41) is 12.0. The average molecular weight is 267 g/mol. The fourth-order valence-electron chi connectivity index (χ4n) is 1.63. The summed E-state index contributed by atoms with van der Waals surface area (Å²) >= 11 is 5.77. The van der Waals surface area contributed by atoms with Gasteiger partial charge in [0.05, 0.1) is 13.0 Å². The lowest BCUT2D eigenvalue weighted by Crippen LogP contribution is -2.21. The third-order valence-corrected chi connectivity index (χ3v) is 2.76. The molecule has 0 fully saturated rings. The maximum absolute atomic E-state index is 11.8. The van der Waals surface area contributed by atoms with Crippen molar-refractivity contribution >= 4 is 17.6 Å². The first-order valence-electron chi connectivity index (χ1n) is 5.29. The van der Waals surface area contributed by atoms with Crippen molar-refractivity contribution in [3.8, 4) is 0 Å². The minimum Gasteiger partial charge on any atom is -0.481 e. The molecule has 1 aromatic carbocycles. The van der Waals surface area contributed by atoms with E-state index < -0.39 is 5.97 Å². The molecular weight excluding hydrogens is 256 g/mol. The number of aromatic nitrogens is 2. The van der Waals surface area contributed by atoms with Crippen molar-refractivity contribution in [2.24, 2.45) is 0 Å². The molecule has 0 aliphatic heterocycles. The van der Waals surface area contributed by atoms with E-state index in [0.717, 1.165) is 5.56 Å². The summed E-state index contributed by atoms with van der Waals surface area (Å²) in [5.41, 5.74) is 0.842. The van der Waals surface area contributed by atoms with Crippen LogP contribution >= 0.6 is 11.6 Å². The number of H-pyrrole nitrogens is 1. The summed E-state index contributed by atoms with van der Waals surface area (Å²) in [6.45, 7) is 0.357. The molecular formula is C12H11ClN2O3. The molecule has 2 N–H and O–H groups in total. The zero-order valence-electron chi connectivity index (χ0n) is 9.39. The normalized spacial score (nSPS) is 10.5. The zero-order valence-corrected chi connectivity index (χ0v) is 10.1. The van der Waals surface area contributed by atoms with Crippen molar-refractivity contribution in [3.63, 3.8) is 0 Å². The summed E-state index contributed by atoms with van der Waals surface area (Å²) in [6.07, 6.45) is 1.15. The highest BCUT2D eigenvalue weighted by Crippen LogP contribution is 2.09. The smallest absolute Gasteiger partial charge is 0.308 e. The van der Waals surface area contributed by atoms with Crippen molar-refractivity contribution in [2.45, 2.75) is 13.0 Å². The van der Waals surface area contributed by atoms with Crippen molar-refractivity contribution in [1.82, 2.24) is 9.78 Å². The number of carboxylic acids is 1. The summed E-state index contributed by atoms with van der Waals surface area (Å²) in [6, 6.07) is 7.10. The largest absolute Gasteiger partial charge is 0.481 e. The van der Waals surface area contributed by atoms with E-state index >= 15 is 0 Å². The Kier molecular flexibility index (Phi) is 3.53. The third-order valence-electron chi connectivity index (χ3n) is 2.51. The van der Waals surface area contributed by atoms with Crippen LogP contribution in [0.1, 0.15) is 11.1 Å². The summed E-state index contributed by atoms with van der Waals surface area (Å²) in [5.74, 6) is -1.02. The second-order valence-corrected chi connectivity index (χ2v) is 4.32. The molecule has 0 unspecified atom stereocenters. The molecule has 1 heterocycles. The fraction of sp³-hybridized carbons (Fsp3) is 0.167. The van der Waals surface area contributed by atoms with E-state index in [0.29, 0.717) is 11.6 Å². The number of aromatic amines is 1. The number of hydrogen-bond donors (Lipinski definition) is 2. The fourth-order valence-corrected chi connectivity index (χ4v) is 1.75. The molecule has 0 amide bonds. The van der Waals surface area contributed by atoms with E-state index in [1.807, 2.05) is 12.1 Å². The van der Waals surface area contributed by atoms with E-state index in [9.17, 15) is 9.59 Å². The predicted octanol–water partition coefficient (Wildman–Crippen LogP) is 1.51. The highest BCUT2D eigenvalue weighted by molar-refractivity contribution is 6.30. The Bertz CT molecular complexity index is 613. The summed E-state index contributed by atoms with van der Waals surface area (Å²) in [4.78, 5) is 22.4. The second kappa shape index (κ2) is 5.10. The van der Waals surface area contributed by atoms with Gasteiger partial charge in [-0.2, -0.15) is 0 Å². The Morgan fingerprint density at radius 1 is 1.33 bits per heavy atom. The van der Waals surface area contributed by atoms with E-state index in [-0.39, 0.29) is 17.5 Å². The molecule has 0 spiro atoms. The molecule has 18 heavy (non-hydrogen) atoms. The highest BCUT2D eigenvalue weighted by atomic mass is 35.5. The van der Waals surface area contributed by atoms with Crippen LogP contribution in [0.2, 0.25) is 5.02 Å². The van der Waals surface area contributed by atoms with Crippen molar-refractivity contribution in [3.05, 3.63) is 57.0 Å². The van der Waals surface area contributed by atoms with Crippen LogP contribution in [0.4, 0.5) is 0 Å². The topological polar surface area (TPSA) is 75.1 Å². The van der Waals surface area contributed by atoms with Crippen LogP contribution in [0.15, 0.2) is 35.3 Å². The van der Waals surface area contributed by atoms with Crippen molar-refractivity contribution < 1.29 is 9.90 Å². The predicted molar refractivity (Wildman–Crippen MR) is 66.9 cm³/mol. The molecule has 0 aliphatic rings. The third kappa shape index (κ3) is 2.81. The zero-order chi connectivity index (χ0) is 13.1. The first kappa shape index (κ1) is 12.4. The first-order valence-corrected chi connectivity index (χ1v) is 5.67. The Balaban J connectivity index is 2.20. The average Bonchev–Trinajstić information content (AvgIpc) is 2.64. The van der Waals surface area contributed by atoms with Gasteiger partial charge in [-0.25, -0.2) is 4.68 Å². The Morgan fingerprint density at radius 2 is 2.00 bits per heavy atom. The van der Waals surface area contributed by atoms with Crippen LogP contribution in [0.25, 0.3) is 0 Å². The standard InChI is InChI=1S/C12H11ClN2O3/c13-10-3-1-8(2-4-10)7-15-12(18)9(6-14-15)5-11(16)17/h1-4,6,14H,5,7H2,(H,16,17). The lowest BCUT2D eigenvalue weighted by Gasteiger charge is -2.01. The number of benzene rings is 1. The Labute approximate surface area is 108 Å². The van der Waals surface area contributed by atoms with Gasteiger partial charge in [-0.1, -0.05) is 23.7 Å². The number of nitrogens with zero attached hydrogens (tertiary/aromatic N) is 1. The van der Waals surface area contributed by atoms with Crippen LogP contribution in [0.3, 0.4) is 0 Å². The lowest BCUT2D eigenvalue weighted by atomic mass is 10.2. The molecule has 0 atom stereocenters. The summed E-state index contributed by atoms with van der Waals surface area (Å²) < 4.78 is 1.36. The molecule has 1 aromatic heterocycles. The Morgan fingerprint density at radius 3 is 2.61 bits per heavy atom. The van der Waals surface area contributed by atoms with Crippen LogP contribution in [-0.4, -0.2) is 20.9 Å². The summed E-state index contributed by atoms with van der Waals surface area (Å²) in [7, 11) is 0. The molecule has 6 heteroatoms. The minimum absolute atomic E-state index is 0.247. The minimum atomic E-state index is -1.02. The molecule has 5 nitrogen and oxygen atoms in total. The molecule has 0 bridgehead atoms. The van der Waals surface area contributed by atoms with Gasteiger partial charge in [0.15, 0.2) is 0 Å². The van der Waals surface area contributed by atoms with Gasteiger partial charge in [0.25, 0.3) is 5.56 Å². The molecule has 2 rings (SSSR count). The molecule has 0 aliphatic carbocycles. The van der Waals surface area contributed by atoms with Crippen LogP contribution in [0.5, 0.6) is 0 Å². The number of rotatable bonds is 4. The number of aliphatic carboxylic acids is 1. The van der Waals surface area contributed by atoms with Crippen LogP contribution < -0.4 is 5.56 Å². The van der Waals surface area contributed by atoms with Crippen LogP contribution in [-0.2, 0) is 17.8 Å². The number of carbonyl (C=O) groups is 1. The second-order valence-electron chi connectivity index (χ2n) is 3.89. The van der Waals surface area contributed by atoms with Gasteiger partial charge in [0.1, 0.15) is 0 Å². The number of carboxylic acid groups (broad SMARTS) is 1. The van der Waals surface area contributed by atoms with E-state index in [2.05, 4.69) is 5.10 Å². The maximum atomic E-state index is 11.8. The lowest BCUT2D eigenvalue weighted by molar-refractivity contribution is -0.136. The molecule has 0 saturated heterocycles. The number of hydrogen-bond acceptors (Lipinski definition) is 2. The van der Waals surface area contributed by atoms with E-state index in [1.54, 1.807) is 12.1 Å². The number of halogens is 1. The van der Waals surface area contributed by atoms with Crippen molar-refractivity contribution in [2.75, 3.05) is 0 Å². The van der Waals surface area contributed by atoms with Crippen molar-refractivity contribution in [1.29, 1.82) is 0 Å². The van der Waals surface area contributed by atoms with Gasteiger partial charge in [-0.3, -0.25) is 9.59 Å². The quantitative estimate of drug-likeness (QED) is 0.881. The van der Waals surface area contributed by atoms with Gasteiger partial charge in [-0.15, -0.1) is 0 Å². The molecule has 94 valence electrons. The van der Waals surface area contributed by atoms with Gasteiger partial charge < -0.3 is 10.2 Å². The van der Waals surface area contributed by atoms with Crippen LogP contribution in [0, 0.1) is 0 Å². The highest BCUT2D eigenvalue weighted by Gasteiger charge is 2.09. The van der Waals surface area contributed by atoms with E-state index in [1.165, 1.54) is 10.9 Å². The van der Waals surface area contributed by atoms with Gasteiger partial charge in [0.2, 0.25) is 0 Å². The molecule has 0 saturated carbocycles. The van der Waals surface area contributed by atoms with Gasteiger partial charge >= 0.3 is 5.97 Å². The van der Waals surface area contributed by atoms with Gasteiger partial charge in [-0.05, 0) is 17.7 Å². The van der Waals surface area contributed by atoms with Gasteiger partial charge in [0, 0.05) is 16.8 Å². The SMILES string of the molecule is O=C(O)Cc1c[nH]n(Cc2ccc(Cl)cc2)c1=O. The molecule has 2 aromatic rings. The first-order chi connectivity index (χ1) is 8.56. The number of nitrogens with one attached hydrogen (secondary N) is 1.